The van der Waals surface area contributed by atoms with Crippen LogP contribution in [0.25, 0.3) is 22.2 Å². The standard InChI is InChI=1S/C19H13N5O4/c25-19-16-5-2-8-20-18(16)17(14-3-1-4-15(11-14)24(27)28)21-23(19)12-13-6-9-22(26)10-7-13/h1-11H,12H2. The lowest BCUT2D eigenvalue weighted by Gasteiger charge is -2.10. The van der Waals surface area contributed by atoms with Gasteiger partial charge in [-0.15, -0.1) is 0 Å². The summed E-state index contributed by atoms with van der Waals surface area (Å²) in [5.74, 6) is 0. The molecular formula is C19H13N5O4. The minimum absolute atomic E-state index is 0.0795. The van der Waals surface area contributed by atoms with Gasteiger partial charge < -0.3 is 5.21 Å². The van der Waals surface area contributed by atoms with Crippen LogP contribution in [0.3, 0.4) is 0 Å². The van der Waals surface area contributed by atoms with E-state index in [9.17, 15) is 20.1 Å². The van der Waals surface area contributed by atoms with E-state index in [1.165, 1.54) is 29.2 Å². The maximum absolute atomic E-state index is 12.8. The van der Waals surface area contributed by atoms with Crippen LogP contribution in [0.4, 0.5) is 5.69 Å². The third-order valence-electron chi connectivity index (χ3n) is 4.25. The molecule has 9 nitrogen and oxygen atoms in total. The highest BCUT2D eigenvalue weighted by Crippen LogP contribution is 2.26. The average Bonchev–Trinajstić information content (AvgIpc) is 2.72. The summed E-state index contributed by atoms with van der Waals surface area (Å²) < 4.78 is 1.92. The number of pyridine rings is 2. The van der Waals surface area contributed by atoms with Gasteiger partial charge >= 0.3 is 0 Å². The van der Waals surface area contributed by atoms with E-state index >= 15 is 0 Å². The molecule has 0 atom stereocenters. The molecule has 0 bridgehead atoms. The fourth-order valence-electron chi connectivity index (χ4n) is 2.91. The lowest BCUT2D eigenvalue weighted by molar-refractivity contribution is -0.605. The van der Waals surface area contributed by atoms with Crippen LogP contribution < -0.4 is 10.3 Å². The smallest absolute Gasteiger partial charge is 0.276 e. The van der Waals surface area contributed by atoms with Gasteiger partial charge in [0.2, 0.25) is 0 Å². The van der Waals surface area contributed by atoms with Crippen LogP contribution in [-0.4, -0.2) is 19.7 Å². The van der Waals surface area contributed by atoms with Crippen molar-refractivity contribution in [2.24, 2.45) is 0 Å². The van der Waals surface area contributed by atoms with E-state index in [1.807, 2.05) is 0 Å². The topological polar surface area (TPSA) is 118 Å². The molecule has 3 heterocycles. The molecule has 0 saturated heterocycles. The van der Waals surface area contributed by atoms with Crippen LogP contribution >= 0.6 is 0 Å². The summed E-state index contributed by atoms with van der Waals surface area (Å²) in [6.07, 6.45) is 4.22. The highest BCUT2D eigenvalue weighted by molar-refractivity contribution is 5.90. The van der Waals surface area contributed by atoms with Crippen LogP contribution in [0.15, 0.2) is 71.9 Å². The zero-order valence-electron chi connectivity index (χ0n) is 14.4. The van der Waals surface area contributed by atoms with E-state index in [4.69, 9.17) is 0 Å². The summed E-state index contributed by atoms with van der Waals surface area (Å²) in [6.45, 7) is 0.145. The van der Waals surface area contributed by atoms with Gasteiger partial charge in [-0.2, -0.15) is 9.83 Å². The zero-order chi connectivity index (χ0) is 19.7. The lowest BCUT2D eigenvalue weighted by atomic mass is 10.1. The van der Waals surface area contributed by atoms with Crippen molar-refractivity contribution in [1.29, 1.82) is 0 Å². The van der Waals surface area contributed by atoms with Crippen LogP contribution in [0.2, 0.25) is 0 Å². The monoisotopic (exact) mass is 375 g/mol. The molecule has 0 aliphatic rings. The minimum atomic E-state index is -0.489. The molecule has 0 N–H and O–H groups in total. The molecule has 0 radical (unpaired) electrons. The Morgan fingerprint density at radius 3 is 2.64 bits per heavy atom. The number of hydrogen-bond donors (Lipinski definition) is 0. The second-order valence-corrected chi connectivity index (χ2v) is 6.08. The van der Waals surface area contributed by atoms with Crippen molar-refractivity contribution in [2.45, 2.75) is 6.54 Å². The number of aromatic nitrogens is 4. The predicted octanol–water partition coefficient (Wildman–Crippen LogP) is 2.05. The fourth-order valence-corrected chi connectivity index (χ4v) is 2.91. The number of rotatable bonds is 4. The lowest BCUT2D eigenvalue weighted by Crippen LogP contribution is -2.27. The summed E-state index contributed by atoms with van der Waals surface area (Å²) in [4.78, 5) is 27.7. The molecular weight excluding hydrogens is 362 g/mol. The first-order valence-corrected chi connectivity index (χ1v) is 8.31. The second-order valence-electron chi connectivity index (χ2n) is 6.08. The number of fused-ring (bicyclic) bond motifs is 1. The highest BCUT2D eigenvalue weighted by atomic mass is 16.6. The van der Waals surface area contributed by atoms with Crippen molar-refractivity contribution in [3.63, 3.8) is 0 Å². The number of nitrogens with zero attached hydrogens (tertiary/aromatic N) is 5. The van der Waals surface area contributed by atoms with Gasteiger partial charge in [0, 0.05) is 36.0 Å². The molecule has 0 spiro atoms. The van der Waals surface area contributed by atoms with Crippen molar-refractivity contribution in [1.82, 2.24) is 14.8 Å². The third-order valence-corrected chi connectivity index (χ3v) is 4.25. The Labute approximate surface area is 157 Å². The van der Waals surface area contributed by atoms with Gasteiger partial charge in [-0.3, -0.25) is 19.9 Å². The van der Waals surface area contributed by atoms with E-state index in [-0.39, 0.29) is 17.8 Å². The van der Waals surface area contributed by atoms with Gasteiger partial charge in [0.15, 0.2) is 12.4 Å². The molecule has 3 aromatic heterocycles. The molecule has 0 amide bonds. The number of hydrogen-bond acceptors (Lipinski definition) is 6. The van der Waals surface area contributed by atoms with E-state index in [0.29, 0.717) is 26.9 Å². The van der Waals surface area contributed by atoms with E-state index in [1.54, 1.807) is 42.6 Å². The summed E-state index contributed by atoms with van der Waals surface area (Å²) in [5, 5.41) is 27.1. The first-order valence-electron chi connectivity index (χ1n) is 8.31. The molecule has 138 valence electrons. The third kappa shape index (κ3) is 3.16. The van der Waals surface area contributed by atoms with Crippen molar-refractivity contribution >= 4 is 16.6 Å². The Balaban J connectivity index is 1.92. The molecule has 0 fully saturated rings. The SMILES string of the molecule is O=c1c2cccnc2c(-c2cccc([N+](=O)[O-])c2)nn1Cc1cc[n+]([O-])cc1. The Hall–Kier alpha value is -4.14. The van der Waals surface area contributed by atoms with Crippen LogP contribution in [0, 0.1) is 15.3 Å². The number of nitro benzene ring substituents is 1. The van der Waals surface area contributed by atoms with Crippen LogP contribution in [0.1, 0.15) is 5.56 Å². The zero-order valence-corrected chi connectivity index (χ0v) is 14.4. The van der Waals surface area contributed by atoms with Gasteiger partial charge in [0.1, 0.15) is 11.2 Å². The number of non-ortho nitro benzene ring substituents is 1. The normalized spacial score (nSPS) is 10.9. The molecule has 9 heteroatoms. The Morgan fingerprint density at radius 2 is 1.89 bits per heavy atom. The number of nitro groups is 1. The van der Waals surface area contributed by atoms with E-state index < -0.39 is 4.92 Å². The summed E-state index contributed by atoms with van der Waals surface area (Å²) in [5.41, 5.74) is 1.52. The maximum atomic E-state index is 12.8. The minimum Gasteiger partial charge on any atom is -0.619 e. The van der Waals surface area contributed by atoms with E-state index in [2.05, 4.69) is 10.1 Å². The maximum Gasteiger partial charge on any atom is 0.276 e. The molecule has 0 saturated carbocycles. The van der Waals surface area contributed by atoms with Crippen LogP contribution in [0.5, 0.6) is 0 Å². The average molecular weight is 375 g/mol. The molecule has 0 aliphatic carbocycles. The summed E-state index contributed by atoms with van der Waals surface area (Å²) >= 11 is 0. The molecule has 0 unspecified atom stereocenters. The van der Waals surface area contributed by atoms with Crippen LogP contribution in [-0.2, 0) is 6.54 Å². The van der Waals surface area contributed by atoms with Gasteiger partial charge in [0.25, 0.3) is 11.2 Å². The van der Waals surface area contributed by atoms with Gasteiger partial charge in [-0.1, -0.05) is 12.1 Å². The summed E-state index contributed by atoms with van der Waals surface area (Å²) in [7, 11) is 0. The predicted molar refractivity (Wildman–Crippen MR) is 100 cm³/mol. The van der Waals surface area contributed by atoms with Crippen molar-refractivity contribution in [2.75, 3.05) is 0 Å². The van der Waals surface area contributed by atoms with Crippen molar-refractivity contribution in [3.05, 3.63) is 98.4 Å². The quantitative estimate of drug-likeness (QED) is 0.233. The Bertz CT molecular complexity index is 1250. The first-order chi connectivity index (χ1) is 13.5. The number of benzene rings is 1. The van der Waals surface area contributed by atoms with Gasteiger partial charge in [-0.25, -0.2) is 4.68 Å². The molecule has 4 aromatic rings. The van der Waals surface area contributed by atoms with Gasteiger partial charge in [0.05, 0.1) is 16.9 Å². The first kappa shape index (κ1) is 17.3. The largest absolute Gasteiger partial charge is 0.619 e. The van der Waals surface area contributed by atoms with Crippen molar-refractivity contribution < 1.29 is 9.65 Å². The second kappa shape index (κ2) is 6.88. The highest BCUT2D eigenvalue weighted by Gasteiger charge is 2.16. The Kier molecular flexibility index (Phi) is 4.24. The molecule has 4 rings (SSSR count). The van der Waals surface area contributed by atoms with E-state index in [0.717, 1.165) is 5.56 Å². The molecule has 1 aromatic carbocycles. The molecule has 0 aliphatic heterocycles. The fraction of sp³-hybridized carbons (Fsp3) is 0.0526. The Morgan fingerprint density at radius 1 is 1.11 bits per heavy atom. The van der Waals surface area contributed by atoms with Gasteiger partial charge in [-0.05, 0) is 17.7 Å². The molecule has 28 heavy (non-hydrogen) atoms. The summed E-state index contributed by atoms with van der Waals surface area (Å²) in [6, 6.07) is 12.5. The van der Waals surface area contributed by atoms with Crippen molar-refractivity contribution in [3.8, 4) is 11.3 Å².